The molecule has 1 aromatic rings. The summed E-state index contributed by atoms with van der Waals surface area (Å²) < 4.78 is 0.958. The maximum atomic E-state index is 11.9. The third-order valence-corrected chi connectivity index (χ3v) is 4.31. The molecule has 0 aromatic carbocycles. The fourth-order valence-corrected chi connectivity index (χ4v) is 2.41. The van der Waals surface area contributed by atoms with Crippen LogP contribution in [0.1, 0.15) is 23.5 Å². The number of carbonyl (C=O) groups excluding carboxylic acids is 1. The van der Waals surface area contributed by atoms with Crippen molar-refractivity contribution in [2.75, 3.05) is 20.2 Å². The highest BCUT2D eigenvalue weighted by atomic mass is 79.9. The molecular formula is C11H16BrNO2S. The van der Waals surface area contributed by atoms with E-state index in [1.165, 1.54) is 11.3 Å². The molecule has 0 fully saturated rings. The Labute approximate surface area is 108 Å². The minimum atomic E-state index is -0.371. The summed E-state index contributed by atoms with van der Waals surface area (Å²) in [7, 11) is 1.84. The Morgan fingerprint density at radius 2 is 2.19 bits per heavy atom. The van der Waals surface area contributed by atoms with E-state index in [-0.39, 0.29) is 17.9 Å². The quantitative estimate of drug-likeness (QED) is 0.849. The fourth-order valence-electron chi connectivity index (χ4n) is 1.09. The lowest BCUT2D eigenvalue weighted by atomic mass is 10.0. The van der Waals surface area contributed by atoms with Crippen molar-refractivity contribution in [2.24, 2.45) is 0 Å². The molecule has 3 nitrogen and oxygen atoms in total. The Balaban J connectivity index is 2.65. The first-order chi connectivity index (χ1) is 7.36. The number of thiophene rings is 1. The SMILES string of the molecule is CN(CC(=O)c1ccc(Br)s1)C(C)(C)CO. The lowest BCUT2D eigenvalue weighted by Crippen LogP contribution is -2.46. The van der Waals surface area contributed by atoms with Crippen LogP contribution in [0.25, 0.3) is 0 Å². The second-order valence-electron chi connectivity index (χ2n) is 4.35. The molecule has 1 N–H and O–H groups in total. The molecule has 0 bridgehead atoms. The molecule has 90 valence electrons. The highest BCUT2D eigenvalue weighted by molar-refractivity contribution is 9.11. The van der Waals surface area contributed by atoms with Crippen LogP contribution in [-0.2, 0) is 0 Å². The monoisotopic (exact) mass is 305 g/mol. The van der Waals surface area contributed by atoms with Crippen LogP contribution in [0.5, 0.6) is 0 Å². The number of aliphatic hydroxyl groups is 1. The topological polar surface area (TPSA) is 40.5 Å². The second-order valence-corrected chi connectivity index (χ2v) is 6.82. The van der Waals surface area contributed by atoms with E-state index in [0.717, 1.165) is 8.66 Å². The summed E-state index contributed by atoms with van der Waals surface area (Å²) in [5.41, 5.74) is -0.371. The summed E-state index contributed by atoms with van der Waals surface area (Å²) in [6.07, 6.45) is 0. The molecule has 0 aliphatic carbocycles. The van der Waals surface area contributed by atoms with Crippen molar-refractivity contribution < 1.29 is 9.90 Å². The number of Topliss-reactive ketones (excluding diaryl/α,β-unsaturated/α-hetero) is 1. The number of carbonyl (C=O) groups is 1. The normalized spacial score (nSPS) is 12.1. The van der Waals surface area contributed by atoms with Gasteiger partial charge in [0.15, 0.2) is 5.78 Å². The Morgan fingerprint density at radius 1 is 1.56 bits per heavy atom. The molecule has 0 radical (unpaired) electrons. The molecule has 0 aliphatic rings. The summed E-state index contributed by atoms with van der Waals surface area (Å²) in [5, 5.41) is 9.19. The number of rotatable bonds is 5. The van der Waals surface area contributed by atoms with Gasteiger partial charge in [0.2, 0.25) is 0 Å². The molecular weight excluding hydrogens is 290 g/mol. The fraction of sp³-hybridized carbons (Fsp3) is 0.545. The van der Waals surface area contributed by atoms with Crippen molar-refractivity contribution in [1.82, 2.24) is 4.90 Å². The van der Waals surface area contributed by atoms with Crippen LogP contribution in [0, 0.1) is 0 Å². The van der Waals surface area contributed by atoms with Gasteiger partial charge in [-0.3, -0.25) is 9.69 Å². The van der Waals surface area contributed by atoms with Crippen LogP contribution in [0.15, 0.2) is 15.9 Å². The Kier molecular flexibility index (Phi) is 4.67. The van der Waals surface area contributed by atoms with E-state index < -0.39 is 0 Å². The summed E-state index contributed by atoms with van der Waals surface area (Å²) in [4.78, 5) is 14.5. The van der Waals surface area contributed by atoms with E-state index in [1.807, 2.05) is 37.9 Å². The van der Waals surface area contributed by atoms with Gasteiger partial charge >= 0.3 is 0 Å². The molecule has 16 heavy (non-hydrogen) atoms. The first-order valence-corrected chi connectivity index (χ1v) is 6.58. The minimum Gasteiger partial charge on any atom is -0.394 e. The average Bonchev–Trinajstić information content (AvgIpc) is 2.64. The summed E-state index contributed by atoms with van der Waals surface area (Å²) in [5.74, 6) is 0.0831. The van der Waals surface area contributed by atoms with Gasteiger partial charge in [0.1, 0.15) is 0 Å². The second kappa shape index (κ2) is 5.40. The van der Waals surface area contributed by atoms with Gasteiger partial charge in [0.25, 0.3) is 0 Å². The maximum absolute atomic E-state index is 11.9. The van der Waals surface area contributed by atoms with Gasteiger partial charge in [0, 0.05) is 5.54 Å². The van der Waals surface area contributed by atoms with E-state index in [4.69, 9.17) is 0 Å². The van der Waals surface area contributed by atoms with Crippen LogP contribution in [0.2, 0.25) is 0 Å². The summed E-state index contributed by atoms with van der Waals surface area (Å²) in [6.45, 7) is 4.17. The highest BCUT2D eigenvalue weighted by Gasteiger charge is 2.24. The predicted molar refractivity (Wildman–Crippen MR) is 70.1 cm³/mol. The highest BCUT2D eigenvalue weighted by Crippen LogP contribution is 2.23. The van der Waals surface area contributed by atoms with Crippen molar-refractivity contribution in [3.05, 3.63) is 20.8 Å². The molecule has 0 aliphatic heterocycles. The number of aliphatic hydroxyl groups excluding tert-OH is 1. The largest absolute Gasteiger partial charge is 0.394 e. The molecule has 0 saturated heterocycles. The maximum Gasteiger partial charge on any atom is 0.186 e. The molecule has 1 rings (SSSR count). The van der Waals surface area contributed by atoms with Crippen molar-refractivity contribution >= 4 is 33.0 Å². The Hall–Kier alpha value is -0.230. The molecule has 1 aromatic heterocycles. The third kappa shape index (κ3) is 3.38. The van der Waals surface area contributed by atoms with E-state index >= 15 is 0 Å². The molecule has 1 heterocycles. The third-order valence-electron chi connectivity index (χ3n) is 2.65. The number of hydrogen-bond donors (Lipinski definition) is 1. The van der Waals surface area contributed by atoms with E-state index in [9.17, 15) is 9.90 Å². The van der Waals surface area contributed by atoms with Crippen molar-refractivity contribution in [3.8, 4) is 0 Å². The van der Waals surface area contributed by atoms with Gasteiger partial charge in [0.05, 0.1) is 21.8 Å². The first-order valence-electron chi connectivity index (χ1n) is 4.97. The van der Waals surface area contributed by atoms with Gasteiger partial charge < -0.3 is 5.11 Å². The number of nitrogens with zero attached hydrogens (tertiary/aromatic N) is 1. The summed E-state index contributed by atoms with van der Waals surface area (Å²) in [6, 6.07) is 3.69. The molecule has 0 saturated carbocycles. The van der Waals surface area contributed by atoms with E-state index in [0.29, 0.717) is 6.54 Å². The Morgan fingerprint density at radius 3 is 2.62 bits per heavy atom. The number of halogens is 1. The number of hydrogen-bond acceptors (Lipinski definition) is 4. The predicted octanol–water partition coefficient (Wildman–Crippen LogP) is 2.40. The zero-order valence-electron chi connectivity index (χ0n) is 9.66. The molecule has 0 amide bonds. The zero-order valence-corrected chi connectivity index (χ0v) is 12.1. The number of likely N-dealkylation sites (N-methyl/N-ethyl adjacent to an activating group) is 1. The molecule has 0 unspecified atom stereocenters. The van der Waals surface area contributed by atoms with Crippen molar-refractivity contribution in [1.29, 1.82) is 0 Å². The van der Waals surface area contributed by atoms with Gasteiger partial charge in [-0.05, 0) is 49.0 Å². The molecule has 0 spiro atoms. The van der Waals surface area contributed by atoms with Crippen LogP contribution >= 0.6 is 27.3 Å². The standard InChI is InChI=1S/C11H16BrNO2S/c1-11(2,7-14)13(3)6-8(15)9-4-5-10(12)16-9/h4-5,14H,6-7H2,1-3H3. The van der Waals surface area contributed by atoms with Crippen LogP contribution in [0.3, 0.4) is 0 Å². The van der Waals surface area contributed by atoms with Crippen LogP contribution in [-0.4, -0.2) is 41.5 Å². The van der Waals surface area contributed by atoms with Gasteiger partial charge in [-0.25, -0.2) is 0 Å². The average molecular weight is 306 g/mol. The number of ketones is 1. The van der Waals surface area contributed by atoms with Gasteiger partial charge in [-0.15, -0.1) is 11.3 Å². The molecule has 5 heteroatoms. The van der Waals surface area contributed by atoms with E-state index in [1.54, 1.807) is 0 Å². The van der Waals surface area contributed by atoms with Crippen LogP contribution in [0.4, 0.5) is 0 Å². The zero-order chi connectivity index (χ0) is 12.3. The Bertz CT molecular complexity index is 376. The van der Waals surface area contributed by atoms with E-state index in [2.05, 4.69) is 15.9 Å². The lowest BCUT2D eigenvalue weighted by molar-refractivity contribution is 0.0662. The minimum absolute atomic E-state index is 0.0327. The van der Waals surface area contributed by atoms with Crippen molar-refractivity contribution in [3.63, 3.8) is 0 Å². The smallest absolute Gasteiger partial charge is 0.186 e. The van der Waals surface area contributed by atoms with Gasteiger partial charge in [-0.1, -0.05) is 0 Å². The lowest BCUT2D eigenvalue weighted by Gasteiger charge is -2.33. The van der Waals surface area contributed by atoms with Gasteiger partial charge in [-0.2, -0.15) is 0 Å². The van der Waals surface area contributed by atoms with Crippen LogP contribution < -0.4 is 0 Å². The first kappa shape index (κ1) is 13.8. The van der Waals surface area contributed by atoms with Crippen molar-refractivity contribution in [2.45, 2.75) is 19.4 Å². The molecule has 0 atom stereocenters. The summed E-state index contributed by atoms with van der Waals surface area (Å²) >= 11 is 4.77.